The van der Waals surface area contributed by atoms with Crippen molar-refractivity contribution < 1.29 is 17.9 Å². The van der Waals surface area contributed by atoms with Crippen LogP contribution in [0, 0.1) is 0 Å². The summed E-state index contributed by atoms with van der Waals surface area (Å²) in [5, 5.41) is 6.65. The van der Waals surface area contributed by atoms with Crippen LogP contribution in [0.1, 0.15) is 19.7 Å². The molecule has 3 rings (SSSR count). The van der Waals surface area contributed by atoms with E-state index in [4.69, 9.17) is 4.74 Å². The minimum absolute atomic E-state index is 0.0424. The number of halogens is 3. The van der Waals surface area contributed by atoms with E-state index < -0.39 is 12.0 Å². The minimum Gasteiger partial charge on any atom is -0.491 e. The number of alkyl halides is 3. The van der Waals surface area contributed by atoms with Crippen LogP contribution in [0.4, 0.5) is 13.2 Å². The van der Waals surface area contributed by atoms with E-state index in [0.717, 1.165) is 4.40 Å². The monoisotopic (exact) mass is 322 g/mol. The molecule has 0 N–H and O–H groups in total. The number of aromatic nitrogens is 4. The van der Waals surface area contributed by atoms with Gasteiger partial charge in [0.2, 0.25) is 5.82 Å². The summed E-state index contributed by atoms with van der Waals surface area (Å²) in [4.78, 5) is 4.13. The number of fused-ring (bicyclic) bond motifs is 1. The lowest BCUT2D eigenvalue weighted by atomic mass is 10.1. The molecule has 0 aliphatic rings. The van der Waals surface area contributed by atoms with Gasteiger partial charge in [-0.2, -0.15) is 13.2 Å². The molecule has 1 aromatic carbocycles. The van der Waals surface area contributed by atoms with E-state index in [-0.39, 0.29) is 11.8 Å². The Labute approximate surface area is 129 Å². The van der Waals surface area contributed by atoms with Gasteiger partial charge in [-0.25, -0.2) is 0 Å². The summed E-state index contributed by atoms with van der Waals surface area (Å²) in [5.74, 6) is -0.388. The van der Waals surface area contributed by atoms with Crippen molar-refractivity contribution in [3.05, 3.63) is 42.5 Å². The summed E-state index contributed by atoms with van der Waals surface area (Å²) >= 11 is 0. The molecule has 0 saturated carbocycles. The third-order valence-corrected chi connectivity index (χ3v) is 3.07. The molecule has 120 valence electrons. The summed E-state index contributed by atoms with van der Waals surface area (Å²) in [5.41, 5.74) is 1.10. The fourth-order valence-corrected chi connectivity index (χ4v) is 2.12. The largest absolute Gasteiger partial charge is 0.491 e. The van der Waals surface area contributed by atoms with E-state index in [1.165, 1.54) is 12.4 Å². The molecule has 0 amide bonds. The molecule has 0 saturated heterocycles. The van der Waals surface area contributed by atoms with Gasteiger partial charge < -0.3 is 4.74 Å². The van der Waals surface area contributed by atoms with Gasteiger partial charge in [-0.15, -0.1) is 10.2 Å². The van der Waals surface area contributed by atoms with Crippen LogP contribution in [-0.2, 0) is 6.18 Å². The Balaban J connectivity index is 2.00. The first kappa shape index (κ1) is 15.3. The number of hydrogen-bond acceptors (Lipinski definition) is 4. The highest BCUT2D eigenvalue weighted by Crippen LogP contribution is 2.29. The minimum atomic E-state index is -4.58. The van der Waals surface area contributed by atoms with Crippen molar-refractivity contribution in [3.8, 4) is 17.0 Å². The van der Waals surface area contributed by atoms with Crippen molar-refractivity contribution >= 4 is 5.65 Å². The zero-order valence-corrected chi connectivity index (χ0v) is 12.4. The topological polar surface area (TPSA) is 52.3 Å². The molecule has 3 aromatic rings. The molecular formula is C15H13F3N4O. The lowest BCUT2D eigenvalue weighted by Crippen LogP contribution is -2.11. The zero-order valence-electron chi connectivity index (χ0n) is 12.4. The number of ether oxygens (including phenoxy) is 1. The molecule has 5 nitrogen and oxygen atoms in total. The third kappa shape index (κ3) is 3.10. The van der Waals surface area contributed by atoms with Crippen molar-refractivity contribution in [1.29, 1.82) is 0 Å². The Hall–Kier alpha value is -2.64. The predicted molar refractivity (Wildman–Crippen MR) is 77.0 cm³/mol. The highest BCUT2D eigenvalue weighted by molar-refractivity contribution is 5.60. The van der Waals surface area contributed by atoms with Crippen molar-refractivity contribution in [1.82, 2.24) is 19.6 Å². The Morgan fingerprint density at radius 2 is 1.78 bits per heavy atom. The average Bonchev–Trinajstić information content (AvgIpc) is 2.90. The fourth-order valence-electron chi connectivity index (χ4n) is 2.12. The van der Waals surface area contributed by atoms with Crippen LogP contribution in [0.2, 0.25) is 0 Å². The van der Waals surface area contributed by atoms with Gasteiger partial charge in [0.15, 0.2) is 5.65 Å². The summed E-state index contributed by atoms with van der Waals surface area (Å²) in [6, 6.07) is 6.98. The average molecular weight is 322 g/mol. The van der Waals surface area contributed by atoms with Gasteiger partial charge in [-0.05, 0) is 38.1 Å². The van der Waals surface area contributed by atoms with E-state index >= 15 is 0 Å². The summed E-state index contributed by atoms with van der Waals surface area (Å²) < 4.78 is 45.1. The van der Waals surface area contributed by atoms with Crippen LogP contribution < -0.4 is 4.74 Å². The predicted octanol–water partition coefficient (Wildman–Crippen LogP) is 3.60. The van der Waals surface area contributed by atoms with Crippen LogP contribution in [0.3, 0.4) is 0 Å². The van der Waals surface area contributed by atoms with E-state index in [9.17, 15) is 13.2 Å². The molecule has 0 unspecified atom stereocenters. The van der Waals surface area contributed by atoms with Gasteiger partial charge in [0.05, 0.1) is 18.0 Å². The lowest BCUT2D eigenvalue weighted by Gasteiger charge is -2.10. The number of rotatable bonds is 3. The van der Waals surface area contributed by atoms with Gasteiger partial charge >= 0.3 is 6.18 Å². The maximum atomic E-state index is 12.9. The normalized spacial score (nSPS) is 12.1. The molecule has 0 radical (unpaired) electrons. The molecule has 2 aromatic heterocycles. The summed E-state index contributed by atoms with van der Waals surface area (Å²) in [7, 11) is 0. The summed E-state index contributed by atoms with van der Waals surface area (Å²) in [6.07, 6.45) is -2.00. The fraction of sp³-hybridized carbons (Fsp3) is 0.267. The van der Waals surface area contributed by atoms with Gasteiger partial charge in [0.1, 0.15) is 5.75 Å². The van der Waals surface area contributed by atoms with Crippen LogP contribution in [0.15, 0.2) is 36.7 Å². The van der Waals surface area contributed by atoms with Crippen molar-refractivity contribution in [2.75, 3.05) is 0 Å². The highest BCUT2D eigenvalue weighted by Gasteiger charge is 2.37. The van der Waals surface area contributed by atoms with Crippen molar-refractivity contribution in [2.45, 2.75) is 26.1 Å². The SMILES string of the molecule is CC(C)Oc1ccc(-c2cn3c(C(F)(F)F)nnc3cn2)cc1. The maximum Gasteiger partial charge on any atom is 0.452 e. The highest BCUT2D eigenvalue weighted by atomic mass is 19.4. The quantitative estimate of drug-likeness (QED) is 0.739. The first-order valence-corrected chi connectivity index (χ1v) is 6.89. The van der Waals surface area contributed by atoms with E-state index in [2.05, 4.69) is 15.2 Å². The molecule has 0 atom stereocenters. The van der Waals surface area contributed by atoms with Gasteiger partial charge in [-0.3, -0.25) is 9.38 Å². The second-order valence-corrected chi connectivity index (χ2v) is 5.21. The molecule has 0 spiro atoms. The Morgan fingerprint density at radius 1 is 1.09 bits per heavy atom. The third-order valence-electron chi connectivity index (χ3n) is 3.07. The zero-order chi connectivity index (χ0) is 16.6. The van der Waals surface area contributed by atoms with Gasteiger partial charge in [0, 0.05) is 11.8 Å². The van der Waals surface area contributed by atoms with Crippen LogP contribution in [0.25, 0.3) is 16.9 Å². The standard InChI is InChI=1S/C15H13F3N4O/c1-9(2)23-11-5-3-10(4-6-11)12-8-22-13(7-19-12)20-21-14(22)15(16,17)18/h3-9H,1-2H3. The smallest absolute Gasteiger partial charge is 0.452 e. The van der Waals surface area contributed by atoms with Crippen LogP contribution in [0.5, 0.6) is 5.75 Å². The number of nitrogens with zero attached hydrogens (tertiary/aromatic N) is 4. The Morgan fingerprint density at radius 3 is 2.39 bits per heavy atom. The molecule has 0 aliphatic heterocycles. The van der Waals surface area contributed by atoms with Crippen molar-refractivity contribution in [2.24, 2.45) is 0 Å². The number of benzene rings is 1. The van der Waals surface area contributed by atoms with E-state index in [1.54, 1.807) is 24.3 Å². The second-order valence-electron chi connectivity index (χ2n) is 5.21. The van der Waals surface area contributed by atoms with Gasteiger partial charge in [0.25, 0.3) is 0 Å². The van der Waals surface area contributed by atoms with Crippen LogP contribution in [-0.4, -0.2) is 25.7 Å². The Kier molecular flexibility index (Phi) is 3.67. The molecule has 8 heteroatoms. The van der Waals surface area contributed by atoms with Crippen molar-refractivity contribution in [3.63, 3.8) is 0 Å². The maximum absolute atomic E-state index is 12.9. The molecule has 0 fully saturated rings. The molecular weight excluding hydrogens is 309 g/mol. The first-order chi connectivity index (χ1) is 10.8. The van der Waals surface area contributed by atoms with Crippen LogP contribution >= 0.6 is 0 Å². The molecule has 2 heterocycles. The molecule has 0 aliphatic carbocycles. The molecule has 0 bridgehead atoms. The molecule has 23 heavy (non-hydrogen) atoms. The lowest BCUT2D eigenvalue weighted by molar-refractivity contribution is -0.145. The second kappa shape index (κ2) is 5.53. The first-order valence-electron chi connectivity index (χ1n) is 6.89. The Bertz CT molecular complexity index is 825. The van der Waals surface area contributed by atoms with E-state index in [0.29, 0.717) is 17.0 Å². The van der Waals surface area contributed by atoms with E-state index in [1.807, 2.05) is 13.8 Å². The number of hydrogen-bond donors (Lipinski definition) is 0. The van der Waals surface area contributed by atoms with Gasteiger partial charge in [-0.1, -0.05) is 0 Å². The summed E-state index contributed by atoms with van der Waals surface area (Å²) in [6.45, 7) is 3.82.